The summed E-state index contributed by atoms with van der Waals surface area (Å²) in [6, 6.07) is 14.0. The molecule has 0 aliphatic heterocycles. The Balaban J connectivity index is 2.19. The SMILES string of the molecule is COC(=O)CC(NC(=O)c1ccc(I)cc1)c1ccc(OC)cc1. The Labute approximate surface area is 154 Å². The van der Waals surface area contributed by atoms with Gasteiger partial charge in [-0.25, -0.2) is 0 Å². The molecule has 0 aliphatic rings. The minimum Gasteiger partial charge on any atom is -0.497 e. The van der Waals surface area contributed by atoms with E-state index in [-0.39, 0.29) is 12.3 Å². The number of nitrogens with one attached hydrogen (secondary N) is 1. The zero-order chi connectivity index (χ0) is 17.5. The van der Waals surface area contributed by atoms with Crippen molar-refractivity contribution in [2.45, 2.75) is 12.5 Å². The van der Waals surface area contributed by atoms with Gasteiger partial charge in [0.15, 0.2) is 0 Å². The van der Waals surface area contributed by atoms with Crippen molar-refractivity contribution in [1.82, 2.24) is 5.32 Å². The van der Waals surface area contributed by atoms with Crippen LogP contribution in [-0.2, 0) is 9.53 Å². The summed E-state index contributed by atoms with van der Waals surface area (Å²) in [6.45, 7) is 0. The number of methoxy groups -OCH3 is 2. The van der Waals surface area contributed by atoms with Crippen molar-refractivity contribution in [3.05, 3.63) is 63.2 Å². The predicted octanol–water partition coefficient (Wildman–Crippen LogP) is 3.33. The molecule has 0 aliphatic carbocycles. The number of rotatable bonds is 6. The Kier molecular flexibility index (Phi) is 6.60. The minimum atomic E-state index is -0.477. The van der Waals surface area contributed by atoms with Gasteiger partial charge in [0.2, 0.25) is 0 Å². The molecule has 1 atom stereocenters. The first kappa shape index (κ1) is 18.3. The third-order valence-electron chi connectivity index (χ3n) is 3.53. The number of hydrogen-bond donors (Lipinski definition) is 1. The van der Waals surface area contributed by atoms with Crippen molar-refractivity contribution in [2.75, 3.05) is 14.2 Å². The molecule has 0 radical (unpaired) electrons. The molecular weight excluding hydrogens is 421 g/mol. The largest absolute Gasteiger partial charge is 0.497 e. The van der Waals surface area contributed by atoms with Gasteiger partial charge >= 0.3 is 5.97 Å². The van der Waals surface area contributed by atoms with E-state index in [0.717, 1.165) is 9.13 Å². The van der Waals surface area contributed by atoms with Gasteiger partial charge in [0.05, 0.1) is 26.7 Å². The van der Waals surface area contributed by atoms with Crippen LogP contribution >= 0.6 is 22.6 Å². The number of amides is 1. The van der Waals surface area contributed by atoms with Crippen molar-refractivity contribution in [1.29, 1.82) is 0 Å². The Hall–Kier alpha value is -2.09. The molecule has 2 aromatic rings. The lowest BCUT2D eigenvalue weighted by Crippen LogP contribution is -2.30. The fourth-order valence-corrected chi connectivity index (χ4v) is 2.54. The average molecular weight is 439 g/mol. The second-order valence-electron chi connectivity index (χ2n) is 5.09. The van der Waals surface area contributed by atoms with Crippen LogP contribution in [-0.4, -0.2) is 26.1 Å². The molecule has 1 amide bonds. The lowest BCUT2D eigenvalue weighted by molar-refractivity contribution is -0.141. The van der Waals surface area contributed by atoms with Crippen LogP contribution in [0.1, 0.15) is 28.4 Å². The highest BCUT2D eigenvalue weighted by molar-refractivity contribution is 14.1. The van der Waals surface area contributed by atoms with E-state index in [9.17, 15) is 9.59 Å². The molecule has 24 heavy (non-hydrogen) atoms. The standard InChI is InChI=1S/C18H18INO4/c1-23-15-9-5-12(6-10-15)16(11-17(21)24-2)20-18(22)13-3-7-14(19)8-4-13/h3-10,16H,11H2,1-2H3,(H,20,22). The molecule has 0 saturated carbocycles. The summed E-state index contributed by atoms with van der Waals surface area (Å²) >= 11 is 2.18. The predicted molar refractivity (Wildman–Crippen MR) is 99.0 cm³/mol. The summed E-state index contributed by atoms with van der Waals surface area (Å²) in [5.41, 5.74) is 1.35. The van der Waals surface area contributed by atoms with Crippen LogP contribution in [0.3, 0.4) is 0 Å². The van der Waals surface area contributed by atoms with Crippen molar-refractivity contribution < 1.29 is 19.1 Å². The molecule has 0 heterocycles. The van der Waals surface area contributed by atoms with Crippen molar-refractivity contribution in [2.24, 2.45) is 0 Å². The Morgan fingerprint density at radius 3 is 2.21 bits per heavy atom. The molecule has 0 spiro atoms. The number of halogens is 1. The number of benzene rings is 2. The van der Waals surface area contributed by atoms with Crippen molar-refractivity contribution >= 4 is 34.5 Å². The molecule has 2 aromatic carbocycles. The first-order valence-corrected chi connectivity index (χ1v) is 8.38. The van der Waals surface area contributed by atoms with E-state index in [1.807, 2.05) is 24.3 Å². The van der Waals surface area contributed by atoms with Crippen LogP contribution in [0.15, 0.2) is 48.5 Å². The van der Waals surface area contributed by atoms with E-state index in [1.165, 1.54) is 7.11 Å². The summed E-state index contributed by atoms with van der Waals surface area (Å²) in [5, 5.41) is 2.89. The lowest BCUT2D eigenvalue weighted by atomic mass is 10.0. The van der Waals surface area contributed by atoms with E-state index in [4.69, 9.17) is 9.47 Å². The van der Waals surface area contributed by atoms with Crippen molar-refractivity contribution in [3.63, 3.8) is 0 Å². The maximum absolute atomic E-state index is 12.4. The first-order valence-electron chi connectivity index (χ1n) is 7.30. The minimum absolute atomic E-state index is 0.0545. The van der Waals surface area contributed by atoms with E-state index in [0.29, 0.717) is 11.3 Å². The average Bonchev–Trinajstić information content (AvgIpc) is 2.61. The smallest absolute Gasteiger partial charge is 0.307 e. The summed E-state index contributed by atoms with van der Waals surface area (Å²) < 4.78 is 10.9. The monoisotopic (exact) mass is 439 g/mol. The molecule has 0 bridgehead atoms. The number of esters is 1. The van der Waals surface area contributed by atoms with E-state index >= 15 is 0 Å². The molecule has 5 nitrogen and oxygen atoms in total. The van der Waals surface area contributed by atoms with Crippen LogP contribution in [0.4, 0.5) is 0 Å². The van der Waals surface area contributed by atoms with E-state index in [1.54, 1.807) is 31.4 Å². The topological polar surface area (TPSA) is 64.6 Å². The first-order chi connectivity index (χ1) is 11.5. The van der Waals surface area contributed by atoms with Gasteiger partial charge in [-0.3, -0.25) is 9.59 Å². The number of hydrogen-bond acceptors (Lipinski definition) is 4. The van der Waals surface area contributed by atoms with Gasteiger partial charge in [0, 0.05) is 9.13 Å². The molecule has 126 valence electrons. The third-order valence-corrected chi connectivity index (χ3v) is 4.25. The van der Waals surface area contributed by atoms with Gasteiger partial charge in [-0.1, -0.05) is 12.1 Å². The van der Waals surface area contributed by atoms with Gasteiger partial charge in [-0.15, -0.1) is 0 Å². The summed E-state index contributed by atoms with van der Waals surface area (Å²) in [7, 11) is 2.91. The van der Waals surface area contributed by atoms with Gasteiger partial charge in [0.25, 0.3) is 5.91 Å². The van der Waals surface area contributed by atoms with Gasteiger partial charge in [-0.05, 0) is 64.6 Å². The molecule has 1 N–H and O–H groups in total. The van der Waals surface area contributed by atoms with Crippen LogP contribution in [0.25, 0.3) is 0 Å². The molecule has 6 heteroatoms. The maximum atomic E-state index is 12.4. The quantitative estimate of drug-likeness (QED) is 0.554. The number of carbonyl (C=O) groups excluding carboxylic acids is 2. The normalized spacial score (nSPS) is 11.5. The van der Waals surface area contributed by atoms with Gasteiger partial charge < -0.3 is 14.8 Å². The van der Waals surface area contributed by atoms with Gasteiger partial charge in [-0.2, -0.15) is 0 Å². The van der Waals surface area contributed by atoms with Crippen LogP contribution in [0.5, 0.6) is 5.75 Å². The highest BCUT2D eigenvalue weighted by Crippen LogP contribution is 2.21. The summed E-state index contributed by atoms with van der Waals surface area (Å²) in [4.78, 5) is 24.1. The van der Waals surface area contributed by atoms with E-state index < -0.39 is 12.0 Å². The summed E-state index contributed by atoms with van der Waals surface area (Å²) in [5.74, 6) is 0.0781. The van der Waals surface area contributed by atoms with Crippen LogP contribution in [0, 0.1) is 3.57 Å². The summed E-state index contributed by atoms with van der Waals surface area (Å²) in [6.07, 6.45) is 0.0545. The fraction of sp³-hybridized carbons (Fsp3) is 0.222. The molecule has 1 unspecified atom stereocenters. The molecule has 0 saturated heterocycles. The number of carbonyl (C=O) groups is 2. The van der Waals surface area contributed by atoms with Crippen LogP contribution < -0.4 is 10.1 Å². The van der Waals surface area contributed by atoms with Crippen molar-refractivity contribution in [3.8, 4) is 5.75 Å². The zero-order valence-electron chi connectivity index (χ0n) is 13.4. The second-order valence-corrected chi connectivity index (χ2v) is 6.33. The molecule has 2 rings (SSSR count). The third kappa shape index (κ3) is 4.95. The Morgan fingerprint density at radius 2 is 1.67 bits per heavy atom. The van der Waals surface area contributed by atoms with Crippen LogP contribution in [0.2, 0.25) is 0 Å². The fourth-order valence-electron chi connectivity index (χ4n) is 2.18. The zero-order valence-corrected chi connectivity index (χ0v) is 15.6. The highest BCUT2D eigenvalue weighted by Gasteiger charge is 2.19. The lowest BCUT2D eigenvalue weighted by Gasteiger charge is -2.18. The second kappa shape index (κ2) is 8.68. The van der Waals surface area contributed by atoms with Gasteiger partial charge in [0.1, 0.15) is 5.75 Å². The Morgan fingerprint density at radius 1 is 1.04 bits per heavy atom. The maximum Gasteiger partial charge on any atom is 0.307 e. The number of ether oxygens (including phenoxy) is 2. The molecule has 0 fully saturated rings. The molecular formula is C18H18INO4. The Bertz CT molecular complexity index is 698. The van der Waals surface area contributed by atoms with E-state index in [2.05, 4.69) is 27.9 Å². The highest BCUT2D eigenvalue weighted by atomic mass is 127. The molecule has 0 aromatic heterocycles.